The number of hydrogen-bond donors (Lipinski definition) is 0. The third kappa shape index (κ3) is 3.51. The van der Waals surface area contributed by atoms with Gasteiger partial charge in [0, 0.05) is 4.47 Å². The van der Waals surface area contributed by atoms with Crippen LogP contribution < -0.4 is 18.9 Å². The van der Waals surface area contributed by atoms with E-state index in [0.717, 1.165) is 4.47 Å². The molecular formula is C16H15BrO5. The summed E-state index contributed by atoms with van der Waals surface area (Å²) < 4.78 is 21.8. The number of benzene rings is 2. The second kappa shape index (κ2) is 7.17. The Morgan fingerprint density at radius 1 is 0.955 bits per heavy atom. The SMILES string of the molecule is COc1cc(C(=O)Oc2cccc(Br)c2)cc(OC)c1OC. The van der Waals surface area contributed by atoms with Crippen LogP contribution in [0.5, 0.6) is 23.0 Å². The number of ether oxygens (including phenoxy) is 4. The Hall–Kier alpha value is -2.21. The largest absolute Gasteiger partial charge is 0.493 e. The minimum Gasteiger partial charge on any atom is -0.493 e. The molecule has 0 bridgehead atoms. The van der Waals surface area contributed by atoms with Gasteiger partial charge >= 0.3 is 5.97 Å². The van der Waals surface area contributed by atoms with Crippen molar-refractivity contribution >= 4 is 21.9 Å². The number of carbonyl (C=O) groups excluding carboxylic acids is 1. The van der Waals surface area contributed by atoms with Gasteiger partial charge in [-0.1, -0.05) is 22.0 Å². The average Bonchev–Trinajstić information content (AvgIpc) is 2.53. The predicted octanol–water partition coefficient (Wildman–Crippen LogP) is 3.69. The molecule has 0 aromatic heterocycles. The van der Waals surface area contributed by atoms with E-state index in [-0.39, 0.29) is 0 Å². The summed E-state index contributed by atoms with van der Waals surface area (Å²) in [7, 11) is 4.47. The molecule has 0 aliphatic carbocycles. The molecule has 2 aromatic rings. The third-order valence-electron chi connectivity index (χ3n) is 2.91. The first-order valence-electron chi connectivity index (χ1n) is 6.36. The topological polar surface area (TPSA) is 54.0 Å². The number of halogens is 1. The number of esters is 1. The first-order valence-corrected chi connectivity index (χ1v) is 7.16. The number of hydrogen-bond acceptors (Lipinski definition) is 5. The van der Waals surface area contributed by atoms with Crippen LogP contribution >= 0.6 is 15.9 Å². The zero-order valence-electron chi connectivity index (χ0n) is 12.4. The number of carbonyl (C=O) groups is 1. The fourth-order valence-corrected chi connectivity index (χ4v) is 2.27. The molecule has 0 heterocycles. The van der Waals surface area contributed by atoms with E-state index in [0.29, 0.717) is 28.6 Å². The smallest absolute Gasteiger partial charge is 0.343 e. The van der Waals surface area contributed by atoms with Crippen molar-refractivity contribution in [3.8, 4) is 23.0 Å². The molecule has 0 spiro atoms. The molecule has 0 saturated carbocycles. The van der Waals surface area contributed by atoms with Crippen LogP contribution in [-0.2, 0) is 0 Å². The van der Waals surface area contributed by atoms with Gasteiger partial charge in [-0.15, -0.1) is 0 Å². The quantitative estimate of drug-likeness (QED) is 0.596. The van der Waals surface area contributed by atoms with Crippen molar-refractivity contribution in [2.45, 2.75) is 0 Å². The predicted molar refractivity (Wildman–Crippen MR) is 85.2 cm³/mol. The zero-order chi connectivity index (χ0) is 16.1. The van der Waals surface area contributed by atoms with Crippen molar-refractivity contribution in [3.63, 3.8) is 0 Å². The molecule has 6 heteroatoms. The van der Waals surface area contributed by atoms with Crippen molar-refractivity contribution in [1.29, 1.82) is 0 Å². The van der Waals surface area contributed by atoms with Crippen LogP contribution in [-0.4, -0.2) is 27.3 Å². The Morgan fingerprint density at radius 2 is 1.59 bits per heavy atom. The fourth-order valence-electron chi connectivity index (χ4n) is 1.90. The fraction of sp³-hybridized carbons (Fsp3) is 0.188. The summed E-state index contributed by atoms with van der Waals surface area (Å²) in [6, 6.07) is 10.1. The lowest BCUT2D eigenvalue weighted by atomic mass is 10.2. The van der Waals surface area contributed by atoms with Crippen LogP contribution in [0, 0.1) is 0 Å². The molecule has 22 heavy (non-hydrogen) atoms. The van der Waals surface area contributed by atoms with Gasteiger partial charge in [0.25, 0.3) is 0 Å². The summed E-state index contributed by atoms with van der Waals surface area (Å²) in [6.45, 7) is 0. The second-order valence-electron chi connectivity index (χ2n) is 4.26. The van der Waals surface area contributed by atoms with E-state index in [2.05, 4.69) is 15.9 Å². The van der Waals surface area contributed by atoms with E-state index < -0.39 is 5.97 Å². The standard InChI is InChI=1S/C16H15BrO5/c1-19-13-7-10(8-14(20-2)15(13)21-3)16(18)22-12-6-4-5-11(17)9-12/h4-9H,1-3H3. The van der Waals surface area contributed by atoms with Crippen LogP contribution in [0.25, 0.3) is 0 Å². The van der Waals surface area contributed by atoms with E-state index in [4.69, 9.17) is 18.9 Å². The highest BCUT2D eigenvalue weighted by Crippen LogP contribution is 2.38. The minimum atomic E-state index is -0.516. The van der Waals surface area contributed by atoms with Gasteiger partial charge in [-0.25, -0.2) is 4.79 Å². The van der Waals surface area contributed by atoms with Crippen molar-refractivity contribution in [3.05, 3.63) is 46.4 Å². The van der Waals surface area contributed by atoms with E-state index in [1.165, 1.54) is 21.3 Å². The van der Waals surface area contributed by atoms with Gasteiger partial charge in [0.1, 0.15) is 5.75 Å². The van der Waals surface area contributed by atoms with Crippen LogP contribution in [0.4, 0.5) is 0 Å². The molecule has 0 aliphatic heterocycles. The first-order chi connectivity index (χ1) is 10.6. The maximum absolute atomic E-state index is 12.3. The lowest BCUT2D eigenvalue weighted by molar-refractivity contribution is 0.0733. The maximum Gasteiger partial charge on any atom is 0.343 e. The summed E-state index contributed by atoms with van der Waals surface area (Å²) in [6.07, 6.45) is 0. The Bertz CT molecular complexity index is 659. The maximum atomic E-state index is 12.3. The molecule has 0 fully saturated rings. The highest BCUT2D eigenvalue weighted by atomic mass is 79.9. The molecule has 0 amide bonds. The van der Waals surface area contributed by atoms with Gasteiger partial charge in [-0.05, 0) is 30.3 Å². The first kappa shape index (κ1) is 16.2. The van der Waals surface area contributed by atoms with Crippen molar-refractivity contribution < 1.29 is 23.7 Å². The second-order valence-corrected chi connectivity index (χ2v) is 5.18. The van der Waals surface area contributed by atoms with Crippen LogP contribution in [0.1, 0.15) is 10.4 Å². The summed E-state index contributed by atoms with van der Waals surface area (Å²) >= 11 is 3.32. The Kier molecular flexibility index (Phi) is 5.27. The summed E-state index contributed by atoms with van der Waals surface area (Å²) in [4.78, 5) is 12.3. The average molecular weight is 367 g/mol. The van der Waals surface area contributed by atoms with Crippen molar-refractivity contribution in [2.75, 3.05) is 21.3 Å². The van der Waals surface area contributed by atoms with Gasteiger partial charge in [0.15, 0.2) is 11.5 Å². The van der Waals surface area contributed by atoms with Gasteiger partial charge in [0.05, 0.1) is 26.9 Å². The van der Waals surface area contributed by atoms with Gasteiger partial charge in [-0.2, -0.15) is 0 Å². The monoisotopic (exact) mass is 366 g/mol. The molecule has 0 unspecified atom stereocenters. The van der Waals surface area contributed by atoms with Gasteiger partial charge < -0.3 is 18.9 Å². The summed E-state index contributed by atoms with van der Waals surface area (Å²) in [5.41, 5.74) is 0.300. The van der Waals surface area contributed by atoms with Gasteiger partial charge in [0.2, 0.25) is 5.75 Å². The van der Waals surface area contributed by atoms with Crippen molar-refractivity contribution in [1.82, 2.24) is 0 Å². The molecule has 0 aliphatic rings. The van der Waals surface area contributed by atoms with E-state index in [9.17, 15) is 4.79 Å². The lowest BCUT2D eigenvalue weighted by Gasteiger charge is -2.13. The number of methoxy groups -OCH3 is 3. The molecule has 2 aromatic carbocycles. The molecule has 0 atom stereocenters. The molecule has 116 valence electrons. The summed E-state index contributed by atoms with van der Waals surface area (Å²) in [5, 5.41) is 0. The molecule has 0 radical (unpaired) electrons. The molecule has 0 N–H and O–H groups in total. The van der Waals surface area contributed by atoms with E-state index in [1.807, 2.05) is 6.07 Å². The normalized spacial score (nSPS) is 10.0. The van der Waals surface area contributed by atoms with Crippen LogP contribution in [0.2, 0.25) is 0 Å². The van der Waals surface area contributed by atoms with Crippen molar-refractivity contribution in [2.24, 2.45) is 0 Å². The van der Waals surface area contributed by atoms with Crippen LogP contribution in [0.15, 0.2) is 40.9 Å². The number of rotatable bonds is 5. The Labute approximate surface area is 136 Å². The van der Waals surface area contributed by atoms with Crippen LogP contribution in [0.3, 0.4) is 0 Å². The molecule has 0 saturated heterocycles. The zero-order valence-corrected chi connectivity index (χ0v) is 14.0. The molecular weight excluding hydrogens is 352 g/mol. The summed E-state index contributed by atoms with van der Waals surface area (Å²) in [5.74, 6) is 1.13. The minimum absolute atomic E-state index is 0.300. The molecule has 5 nitrogen and oxygen atoms in total. The Morgan fingerprint density at radius 3 is 2.09 bits per heavy atom. The van der Waals surface area contributed by atoms with E-state index >= 15 is 0 Å². The molecule has 2 rings (SSSR count). The highest BCUT2D eigenvalue weighted by molar-refractivity contribution is 9.10. The highest BCUT2D eigenvalue weighted by Gasteiger charge is 2.18. The van der Waals surface area contributed by atoms with Gasteiger partial charge in [-0.3, -0.25) is 0 Å². The Balaban J connectivity index is 2.33. The third-order valence-corrected chi connectivity index (χ3v) is 3.40. The lowest BCUT2D eigenvalue weighted by Crippen LogP contribution is -2.09. The van der Waals surface area contributed by atoms with E-state index in [1.54, 1.807) is 30.3 Å².